The second-order valence-corrected chi connectivity index (χ2v) is 9.47. The number of fused-ring (bicyclic) bond motifs is 2. The summed E-state index contributed by atoms with van der Waals surface area (Å²) in [5.74, 6) is -0.113. The van der Waals surface area contributed by atoms with Crippen LogP contribution >= 0.6 is 0 Å². The van der Waals surface area contributed by atoms with Gasteiger partial charge in [0, 0.05) is 25.0 Å². The molecule has 2 rings (SSSR count). The van der Waals surface area contributed by atoms with Gasteiger partial charge in [-0.15, -0.1) is 0 Å². The SMILES string of the molecule is CC(C)N[C@@]1(C)CCCC/C=C/COC(=O)N2CC[C@@](C(=O)C(C)C)(C2)NCC1=O. The summed E-state index contributed by atoms with van der Waals surface area (Å²) in [6.07, 6.45) is 7.45. The average Bonchev–Trinajstić information content (AvgIpc) is 3.11. The summed E-state index contributed by atoms with van der Waals surface area (Å²) in [5, 5.41) is 6.73. The highest BCUT2D eigenvalue weighted by molar-refractivity contribution is 5.94. The van der Waals surface area contributed by atoms with Crippen molar-refractivity contribution in [3.05, 3.63) is 12.2 Å². The summed E-state index contributed by atoms with van der Waals surface area (Å²) in [5.41, 5.74) is -1.56. The van der Waals surface area contributed by atoms with Crippen molar-refractivity contribution in [2.75, 3.05) is 26.2 Å². The quantitative estimate of drug-likeness (QED) is 0.679. The first-order valence-corrected chi connectivity index (χ1v) is 11.3. The molecule has 0 aliphatic carbocycles. The predicted octanol–water partition coefficient (Wildman–Crippen LogP) is 2.84. The van der Waals surface area contributed by atoms with E-state index in [-0.39, 0.29) is 43.2 Å². The predicted molar refractivity (Wildman–Crippen MR) is 117 cm³/mol. The number of cyclic esters (lactones) is 1. The van der Waals surface area contributed by atoms with Crippen molar-refractivity contribution in [3.8, 4) is 0 Å². The minimum absolute atomic E-state index is 0.0325. The fourth-order valence-corrected chi connectivity index (χ4v) is 4.46. The van der Waals surface area contributed by atoms with Gasteiger partial charge < -0.3 is 15.0 Å². The number of ether oxygens (including phenoxy) is 1. The molecule has 0 radical (unpaired) electrons. The number of hydrogen-bond donors (Lipinski definition) is 2. The number of nitrogens with one attached hydrogen (secondary N) is 2. The summed E-state index contributed by atoms with van der Waals surface area (Å²) < 4.78 is 5.34. The molecule has 0 unspecified atom stereocenters. The van der Waals surface area contributed by atoms with E-state index in [2.05, 4.69) is 10.6 Å². The summed E-state index contributed by atoms with van der Waals surface area (Å²) in [6.45, 7) is 10.8. The average molecular weight is 422 g/mol. The molecule has 1 saturated heterocycles. The van der Waals surface area contributed by atoms with Gasteiger partial charge in [0.1, 0.15) is 6.61 Å². The topological polar surface area (TPSA) is 87.7 Å². The molecule has 2 heterocycles. The molecule has 30 heavy (non-hydrogen) atoms. The summed E-state index contributed by atoms with van der Waals surface area (Å²) in [6, 6.07) is 0.174. The van der Waals surface area contributed by atoms with Crippen LogP contribution in [0.15, 0.2) is 12.2 Å². The number of allylic oxidation sites excluding steroid dienone is 1. The second-order valence-electron chi connectivity index (χ2n) is 9.47. The lowest BCUT2D eigenvalue weighted by Gasteiger charge is -2.35. The van der Waals surface area contributed by atoms with E-state index in [0.29, 0.717) is 13.0 Å². The highest BCUT2D eigenvalue weighted by Gasteiger charge is 2.47. The molecule has 1 fully saturated rings. The molecule has 0 aromatic rings. The van der Waals surface area contributed by atoms with Crippen LogP contribution in [0.4, 0.5) is 4.79 Å². The summed E-state index contributed by atoms with van der Waals surface area (Å²) in [7, 11) is 0. The van der Waals surface area contributed by atoms with E-state index in [1.54, 1.807) is 4.90 Å². The molecule has 2 N–H and O–H groups in total. The smallest absolute Gasteiger partial charge is 0.410 e. The molecule has 170 valence electrons. The number of amides is 1. The molecule has 0 aromatic carbocycles. The molecule has 2 bridgehead atoms. The van der Waals surface area contributed by atoms with Crippen molar-refractivity contribution in [1.82, 2.24) is 15.5 Å². The number of hydrogen-bond acceptors (Lipinski definition) is 6. The van der Waals surface area contributed by atoms with E-state index in [1.165, 1.54) is 0 Å². The number of carbonyl (C=O) groups excluding carboxylic acids is 3. The van der Waals surface area contributed by atoms with Gasteiger partial charge in [0.15, 0.2) is 11.6 Å². The summed E-state index contributed by atoms with van der Waals surface area (Å²) in [4.78, 5) is 40.4. The monoisotopic (exact) mass is 421 g/mol. The van der Waals surface area contributed by atoms with Crippen molar-refractivity contribution >= 4 is 17.7 Å². The van der Waals surface area contributed by atoms with Gasteiger partial charge in [-0.25, -0.2) is 4.79 Å². The van der Waals surface area contributed by atoms with Crippen LogP contribution in [0.25, 0.3) is 0 Å². The highest BCUT2D eigenvalue weighted by Crippen LogP contribution is 2.27. The molecular weight excluding hydrogens is 382 g/mol. The van der Waals surface area contributed by atoms with Crippen molar-refractivity contribution in [1.29, 1.82) is 0 Å². The molecular formula is C23H39N3O4. The van der Waals surface area contributed by atoms with E-state index in [1.807, 2.05) is 46.8 Å². The lowest BCUT2D eigenvalue weighted by molar-refractivity contribution is -0.129. The van der Waals surface area contributed by atoms with E-state index in [0.717, 1.165) is 25.7 Å². The first-order chi connectivity index (χ1) is 14.1. The van der Waals surface area contributed by atoms with Gasteiger partial charge in [-0.1, -0.05) is 32.4 Å². The van der Waals surface area contributed by atoms with Gasteiger partial charge >= 0.3 is 6.09 Å². The lowest BCUT2D eigenvalue weighted by atomic mass is 9.84. The Morgan fingerprint density at radius 3 is 2.57 bits per heavy atom. The number of carbonyl (C=O) groups is 3. The number of nitrogens with zero attached hydrogens (tertiary/aromatic N) is 1. The van der Waals surface area contributed by atoms with Crippen molar-refractivity contribution < 1.29 is 19.1 Å². The number of ketones is 2. The molecule has 0 saturated carbocycles. The Kier molecular flexibility index (Phi) is 8.62. The Hall–Kier alpha value is -1.73. The largest absolute Gasteiger partial charge is 0.445 e. The molecule has 7 nitrogen and oxygen atoms in total. The van der Waals surface area contributed by atoms with Crippen LogP contribution in [0, 0.1) is 5.92 Å². The zero-order valence-corrected chi connectivity index (χ0v) is 19.3. The second kappa shape index (κ2) is 10.5. The normalized spacial score (nSPS) is 30.6. The Bertz CT molecular complexity index is 661. The molecule has 2 aliphatic heterocycles. The molecule has 7 heteroatoms. The zero-order valence-electron chi connectivity index (χ0n) is 19.3. The number of rotatable bonds is 4. The van der Waals surface area contributed by atoms with Crippen LogP contribution in [0.5, 0.6) is 0 Å². The fraction of sp³-hybridized carbons (Fsp3) is 0.783. The third-order valence-corrected chi connectivity index (χ3v) is 6.10. The van der Waals surface area contributed by atoms with Crippen LogP contribution in [-0.4, -0.2) is 65.9 Å². The number of Topliss-reactive ketones (excluding diaryl/α,β-unsaturated/α-hetero) is 2. The van der Waals surface area contributed by atoms with Gasteiger partial charge in [-0.3, -0.25) is 14.9 Å². The standard InChI is InChI=1S/C23H39N3O4/c1-17(2)20(28)23-12-13-26(16-23)21(29)30-14-10-8-6-7-9-11-22(5,25-18(3)4)19(27)15-24-23/h8,10,17-18,24-25H,6-7,9,11-16H2,1-5H3/b10-8+/t22-,23-/m0/s1. The molecule has 0 spiro atoms. The lowest BCUT2D eigenvalue weighted by Crippen LogP contribution is -2.61. The van der Waals surface area contributed by atoms with Crippen LogP contribution in [0.2, 0.25) is 0 Å². The molecule has 0 aromatic heterocycles. The van der Waals surface area contributed by atoms with Crippen molar-refractivity contribution in [2.24, 2.45) is 5.92 Å². The Morgan fingerprint density at radius 2 is 1.90 bits per heavy atom. The highest BCUT2D eigenvalue weighted by atomic mass is 16.6. The zero-order chi connectivity index (χ0) is 22.4. The first-order valence-electron chi connectivity index (χ1n) is 11.3. The molecule has 1 amide bonds. The van der Waals surface area contributed by atoms with Crippen molar-refractivity contribution in [2.45, 2.75) is 83.8 Å². The maximum absolute atomic E-state index is 13.3. The fourth-order valence-electron chi connectivity index (χ4n) is 4.46. The van der Waals surface area contributed by atoms with Crippen molar-refractivity contribution in [3.63, 3.8) is 0 Å². The minimum Gasteiger partial charge on any atom is -0.445 e. The van der Waals surface area contributed by atoms with Crippen LogP contribution in [0.3, 0.4) is 0 Å². The maximum Gasteiger partial charge on any atom is 0.410 e. The van der Waals surface area contributed by atoms with Crippen LogP contribution in [-0.2, 0) is 14.3 Å². The third-order valence-electron chi connectivity index (χ3n) is 6.10. The maximum atomic E-state index is 13.3. The summed E-state index contributed by atoms with van der Waals surface area (Å²) >= 11 is 0. The first kappa shape index (κ1) is 24.5. The Morgan fingerprint density at radius 1 is 1.17 bits per heavy atom. The van der Waals surface area contributed by atoms with E-state index in [4.69, 9.17) is 4.74 Å². The minimum atomic E-state index is -0.908. The van der Waals surface area contributed by atoms with Crippen LogP contribution in [0.1, 0.15) is 66.7 Å². The van der Waals surface area contributed by atoms with Gasteiger partial charge in [0.05, 0.1) is 17.6 Å². The van der Waals surface area contributed by atoms with Gasteiger partial charge in [0.25, 0.3) is 0 Å². The van der Waals surface area contributed by atoms with Gasteiger partial charge in [-0.2, -0.15) is 0 Å². The van der Waals surface area contributed by atoms with E-state index in [9.17, 15) is 14.4 Å². The third kappa shape index (κ3) is 6.14. The molecule has 2 atom stereocenters. The van der Waals surface area contributed by atoms with E-state index < -0.39 is 17.2 Å². The van der Waals surface area contributed by atoms with Crippen LogP contribution < -0.4 is 10.6 Å². The van der Waals surface area contributed by atoms with Gasteiger partial charge in [0.2, 0.25) is 0 Å². The molecule has 2 aliphatic rings. The Labute approximate surface area is 181 Å². The van der Waals surface area contributed by atoms with E-state index >= 15 is 0 Å². The van der Waals surface area contributed by atoms with Gasteiger partial charge in [-0.05, 0) is 46.5 Å². The Balaban J connectivity index is 2.28.